The lowest BCUT2D eigenvalue weighted by Crippen LogP contribution is -2.45. The zero-order valence-corrected chi connectivity index (χ0v) is 44.2. The molecule has 0 bridgehead atoms. The van der Waals surface area contributed by atoms with E-state index in [0.717, 1.165) is 51.4 Å². The third-order valence-corrected chi connectivity index (χ3v) is 13.4. The Bertz CT molecular complexity index is 1070. The number of aliphatic hydroxyl groups is 2. The molecule has 2 atom stereocenters. The molecule has 388 valence electrons. The molecule has 0 radical (unpaired) electrons. The van der Waals surface area contributed by atoms with E-state index in [2.05, 4.69) is 55.6 Å². The van der Waals surface area contributed by atoms with Crippen LogP contribution in [0.5, 0.6) is 0 Å². The standard InChI is InChI=1S/C60H113NO5/c1-3-5-7-9-11-13-33-38-42-46-50-54-60(65)66-55-51-47-43-39-35-32-30-28-26-24-22-20-18-16-14-15-17-19-21-23-25-27-29-31-34-37-41-45-49-53-59(64)61-57(56-62)58(63)52-48-44-40-36-12-10-8-6-4-2/h9,11,14,16,20,22,57-58,62-63H,3-8,10,12-13,15,17-19,21,23-56H2,1-2H3,(H,61,64)/b11-9-,16-14-,22-20-. The van der Waals surface area contributed by atoms with E-state index < -0.39 is 12.1 Å². The lowest BCUT2D eigenvalue weighted by molar-refractivity contribution is -0.143. The number of hydrogen-bond acceptors (Lipinski definition) is 5. The van der Waals surface area contributed by atoms with E-state index in [1.54, 1.807) is 0 Å². The van der Waals surface area contributed by atoms with Crippen molar-refractivity contribution >= 4 is 11.9 Å². The predicted molar refractivity (Wildman–Crippen MR) is 287 cm³/mol. The highest BCUT2D eigenvalue weighted by atomic mass is 16.5. The summed E-state index contributed by atoms with van der Waals surface area (Å²) in [6, 6.07) is -0.540. The molecule has 6 nitrogen and oxygen atoms in total. The maximum atomic E-state index is 12.4. The minimum atomic E-state index is -0.662. The molecule has 0 aromatic carbocycles. The number of carbonyl (C=O) groups excluding carboxylic acids is 2. The van der Waals surface area contributed by atoms with E-state index >= 15 is 0 Å². The fourth-order valence-corrected chi connectivity index (χ4v) is 8.89. The number of ether oxygens (including phenoxy) is 1. The first-order valence-corrected chi connectivity index (χ1v) is 29.2. The summed E-state index contributed by atoms with van der Waals surface area (Å²) in [4.78, 5) is 24.4. The number of nitrogens with one attached hydrogen (secondary N) is 1. The summed E-state index contributed by atoms with van der Waals surface area (Å²) in [5.74, 6) is -0.0378. The van der Waals surface area contributed by atoms with Gasteiger partial charge in [-0.05, 0) is 77.0 Å². The van der Waals surface area contributed by atoms with Crippen molar-refractivity contribution in [1.82, 2.24) is 5.32 Å². The molecule has 0 aromatic heterocycles. The van der Waals surface area contributed by atoms with Crippen molar-refractivity contribution in [2.45, 2.75) is 321 Å². The van der Waals surface area contributed by atoms with Crippen LogP contribution in [0.4, 0.5) is 0 Å². The van der Waals surface area contributed by atoms with E-state index in [0.29, 0.717) is 25.9 Å². The van der Waals surface area contributed by atoms with Gasteiger partial charge >= 0.3 is 5.97 Å². The van der Waals surface area contributed by atoms with Crippen LogP contribution >= 0.6 is 0 Å². The fourth-order valence-electron chi connectivity index (χ4n) is 8.89. The summed E-state index contributed by atoms with van der Waals surface area (Å²) in [6.45, 7) is 4.89. The lowest BCUT2D eigenvalue weighted by atomic mass is 10.0. The first-order valence-electron chi connectivity index (χ1n) is 29.2. The second kappa shape index (κ2) is 55.7. The van der Waals surface area contributed by atoms with Gasteiger partial charge in [-0.2, -0.15) is 0 Å². The van der Waals surface area contributed by atoms with Crippen molar-refractivity contribution < 1.29 is 24.5 Å². The van der Waals surface area contributed by atoms with Crippen molar-refractivity contribution in [2.24, 2.45) is 0 Å². The molecule has 1 amide bonds. The van der Waals surface area contributed by atoms with Gasteiger partial charge < -0.3 is 20.3 Å². The molecular weight excluding hydrogens is 815 g/mol. The predicted octanol–water partition coefficient (Wildman–Crippen LogP) is 18.0. The summed E-state index contributed by atoms with van der Waals surface area (Å²) < 4.78 is 5.45. The van der Waals surface area contributed by atoms with Gasteiger partial charge in [0.05, 0.1) is 25.4 Å². The first-order chi connectivity index (χ1) is 32.5. The Balaban J connectivity index is 3.39. The molecular formula is C60H113NO5. The molecule has 0 aromatic rings. The first kappa shape index (κ1) is 64.1. The average molecular weight is 929 g/mol. The van der Waals surface area contributed by atoms with Crippen LogP contribution in [0.25, 0.3) is 0 Å². The molecule has 0 saturated carbocycles. The van der Waals surface area contributed by atoms with E-state index in [1.165, 1.54) is 225 Å². The van der Waals surface area contributed by atoms with Crippen LogP contribution in [0, 0.1) is 0 Å². The number of allylic oxidation sites excluding steroid dienone is 6. The molecule has 0 heterocycles. The zero-order chi connectivity index (χ0) is 47.9. The van der Waals surface area contributed by atoms with E-state index in [9.17, 15) is 19.8 Å². The molecule has 0 rings (SSSR count). The van der Waals surface area contributed by atoms with Gasteiger partial charge in [-0.25, -0.2) is 0 Å². The van der Waals surface area contributed by atoms with Gasteiger partial charge in [-0.3, -0.25) is 9.59 Å². The number of amides is 1. The maximum Gasteiger partial charge on any atom is 0.305 e. The van der Waals surface area contributed by atoms with Crippen molar-refractivity contribution in [1.29, 1.82) is 0 Å². The summed E-state index contributed by atoms with van der Waals surface area (Å²) in [5.41, 5.74) is 0. The number of unbranched alkanes of at least 4 members (excludes halogenated alkanes) is 37. The number of carbonyl (C=O) groups is 2. The maximum absolute atomic E-state index is 12.4. The molecule has 66 heavy (non-hydrogen) atoms. The van der Waals surface area contributed by atoms with Gasteiger partial charge in [-0.1, -0.05) is 256 Å². The Hall–Kier alpha value is -1.92. The minimum Gasteiger partial charge on any atom is -0.466 e. The van der Waals surface area contributed by atoms with Gasteiger partial charge in [0.15, 0.2) is 0 Å². The van der Waals surface area contributed by atoms with Gasteiger partial charge in [0.1, 0.15) is 0 Å². The highest BCUT2D eigenvalue weighted by Gasteiger charge is 2.20. The van der Waals surface area contributed by atoms with E-state index in [1.807, 2.05) is 0 Å². The Kier molecular flexibility index (Phi) is 54.1. The topological polar surface area (TPSA) is 95.9 Å². The Labute approximate surface area is 411 Å². The average Bonchev–Trinajstić information content (AvgIpc) is 3.32. The molecule has 0 aliphatic heterocycles. The number of rotatable bonds is 54. The third-order valence-electron chi connectivity index (χ3n) is 13.4. The second-order valence-corrected chi connectivity index (χ2v) is 20.0. The number of aliphatic hydroxyl groups excluding tert-OH is 2. The third kappa shape index (κ3) is 51.5. The van der Waals surface area contributed by atoms with Crippen molar-refractivity contribution in [3.63, 3.8) is 0 Å². The quantitative estimate of drug-likeness (QED) is 0.0321. The van der Waals surface area contributed by atoms with Crippen LogP contribution in [-0.4, -0.2) is 47.4 Å². The van der Waals surface area contributed by atoms with Crippen LogP contribution < -0.4 is 5.32 Å². The highest BCUT2D eigenvalue weighted by Crippen LogP contribution is 2.17. The molecule has 2 unspecified atom stereocenters. The smallest absolute Gasteiger partial charge is 0.305 e. The minimum absolute atomic E-state index is 0.000454. The lowest BCUT2D eigenvalue weighted by Gasteiger charge is -2.22. The van der Waals surface area contributed by atoms with Gasteiger partial charge in [0, 0.05) is 12.8 Å². The molecule has 0 aliphatic carbocycles. The fraction of sp³-hybridized carbons (Fsp3) is 0.867. The monoisotopic (exact) mass is 928 g/mol. The van der Waals surface area contributed by atoms with Crippen molar-refractivity contribution in [3.05, 3.63) is 36.5 Å². The summed E-state index contributed by atoms with van der Waals surface area (Å²) >= 11 is 0. The van der Waals surface area contributed by atoms with Crippen LogP contribution in [0.15, 0.2) is 36.5 Å². The molecule has 3 N–H and O–H groups in total. The van der Waals surface area contributed by atoms with Gasteiger partial charge in [0.2, 0.25) is 5.91 Å². The molecule has 0 saturated heterocycles. The van der Waals surface area contributed by atoms with Gasteiger partial charge in [-0.15, -0.1) is 0 Å². The van der Waals surface area contributed by atoms with Crippen LogP contribution in [-0.2, 0) is 14.3 Å². The van der Waals surface area contributed by atoms with Crippen molar-refractivity contribution in [3.8, 4) is 0 Å². The number of esters is 1. The summed E-state index contributed by atoms with van der Waals surface area (Å²) in [6.07, 6.45) is 68.8. The Morgan fingerprint density at radius 3 is 1.21 bits per heavy atom. The van der Waals surface area contributed by atoms with Crippen LogP contribution in [0.2, 0.25) is 0 Å². The van der Waals surface area contributed by atoms with Gasteiger partial charge in [0.25, 0.3) is 0 Å². The Morgan fingerprint density at radius 1 is 0.424 bits per heavy atom. The van der Waals surface area contributed by atoms with E-state index in [-0.39, 0.29) is 18.5 Å². The SMILES string of the molecule is CCCC/C=C\CCCCCCCC(=O)OCCCCCCCCCCC/C=C\C/C=C\CCCCCCCCCCCCCCCC(=O)NC(CO)C(O)CCCCCCCCCCC. The molecule has 0 fully saturated rings. The molecule has 6 heteroatoms. The van der Waals surface area contributed by atoms with Crippen LogP contribution in [0.3, 0.4) is 0 Å². The second-order valence-electron chi connectivity index (χ2n) is 20.0. The molecule has 0 aliphatic rings. The summed E-state index contributed by atoms with van der Waals surface area (Å²) in [5, 5.41) is 23.1. The van der Waals surface area contributed by atoms with Crippen molar-refractivity contribution in [2.75, 3.05) is 13.2 Å². The normalized spacial score (nSPS) is 12.8. The Morgan fingerprint density at radius 2 is 0.773 bits per heavy atom. The van der Waals surface area contributed by atoms with Crippen LogP contribution in [0.1, 0.15) is 309 Å². The number of hydrogen-bond donors (Lipinski definition) is 3. The zero-order valence-electron chi connectivity index (χ0n) is 44.2. The highest BCUT2D eigenvalue weighted by molar-refractivity contribution is 5.76. The molecule has 0 spiro atoms. The summed E-state index contributed by atoms with van der Waals surface area (Å²) in [7, 11) is 0. The van der Waals surface area contributed by atoms with E-state index in [4.69, 9.17) is 4.74 Å². The largest absolute Gasteiger partial charge is 0.466 e.